The van der Waals surface area contributed by atoms with Gasteiger partial charge in [0.05, 0.1) is 12.7 Å². The van der Waals surface area contributed by atoms with Crippen LogP contribution in [0.1, 0.15) is 35.9 Å². The van der Waals surface area contributed by atoms with Gasteiger partial charge in [-0.3, -0.25) is 9.59 Å². The fourth-order valence-electron chi connectivity index (χ4n) is 6.84. The normalized spacial score (nSPS) is 27.7. The maximum absolute atomic E-state index is 14.4. The largest absolute Gasteiger partial charge is 1.00 e. The number of carboxylic acid groups (broad SMARTS) is 5. The minimum atomic E-state index is -6.02. The van der Waals surface area contributed by atoms with Crippen molar-refractivity contribution >= 4 is 50.4 Å². The molecule has 3 aliphatic heterocycles. The molecule has 0 spiro atoms. The van der Waals surface area contributed by atoms with Crippen molar-refractivity contribution in [3.8, 4) is 28.7 Å². The predicted molar refractivity (Wildman–Crippen MR) is 188 cm³/mol. The summed E-state index contributed by atoms with van der Waals surface area (Å²) in [6.45, 7) is 0.636. The van der Waals surface area contributed by atoms with Crippen LogP contribution in [-0.2, 0) is 56.7 Å². The van der Waals surface area contributed by atoms with Crippen molar-refractivity contribution in [2.75, 3.05) is 6.61 Å². The summed E-state index contributed by atoms with van der Waals surface area (Å²) in [6, 6.07) is 4.07. The Morgan fingerprint density at radius 2 is 1.21 bits per heavy atom. The van der Waals surface area contributed by atoms with E-state index in [2.05, 4.69) is 14.0 Å². The Morgan fingerprint density at radius 3 is 1.75 bits per heavy atom. The molecule has 0 saturated carbocycles. The number of benzene rings is 2. The van der Waals surface area contributed by atoms with Crippen LogP contribution >= 0.6 is 7.82 Å². The third-order valence-electron chi connectivity index (χ3n) is 9.13. The molecule has 67 heavy (non-hydrogen) atoms. The van der Waals surface area contributed by atoms with Crippen LogP contribution in [0.5, 0.6) is 28.7 Å². The Hall–Kier alpha value is -5.08. The van der Waals surface area contributed by atoms with Crippen LogP contribution in [0.25, 0.3) is 0 Å². The van der Waals surface area contributed by atoms with Gasteiger partial charge in [0.25, 0.3) is 0 Å². The molecule has 3 aliphatic rings. The molecular weight excluding hydrogens is 965 g/mol. The van der Waals surface area contributed by atoms with E-state index in [9.17, 15) is 88.8 Å². The van der Waals surface area contributed by atoms with Crippen LogP contribution in [0.3, 0.4) is 0 Å². The molecule has 2 saturated heterocycles. The molecule has 0 bridgehead atoms. The van der Waals surface area contributed by atoms with E-state index < -0.39 is 165 Å². The maximum atomic E-state index is 14.4. The second-order valence-electron chi connectivity index (χ2n) is 13.5. The number of ether oxygens (including phenoxy) is 11. The van der Waals surface area contributed by atoms with E-state index in [1.807, 2.05) is 0 Å². The number of carbonyl (C=O) groups is 7. The number of phosphoric ester groups is 1. The molecular formula is C34H33Na2O30P. The number of rotatable bonds is 14. The van der Waals surface area contributed by atoms with Gasteiger partial charge in [-0.15, -0.1) is 0 Å². The maximum Gasteiger partial charge on any atom is 1.00 e. The first-order valence-electron chi connectivity index (χ1n) is 17.9. The summed E-state index contributed by atoms with van der Waals surface area (Å²) >= 11 is 0. The topological polar surface area (TPSA) is 455 Å². The zero-order valence-electron chi connectivity index (χ0n) is 34.5. The number of esters is 1. The van der Waals surface area contributed by atoms with E-state index in [-0.39, 0.29) is 64.7 Å². The van der Waals surface area contributed by atoms with Crippen molar-refractivity contribution in [1.82, 2.24) is 0 Å². The van der Waals surface area contributed by atoms with Crippen LogP contribution in [0.4, 0.5) is 24.0 Å². The predicted octanol–water partition coefficient (Wildman–Crippen LogP) is -5.55. The second kappa shape index (κ2) is 23.3. The third-order valence-corrected chi connectivity index (χ3v) is 9.55. The van der Waals surface area contributed by atoms with Crippen LogP contribution in [0.15, 0.2) is 30.3 Å². The van der Waals surface area contributed by atoms with Gasteiger partial charge in [-0.1, -0.05) is 6.07 Å². The quantitative estimate of drug-likeness (QED) is 0.0288. The molecule has 2 fully saturated rings. The van der Waals surface area contributed by atoms with Gasteiger partial charge in [0.15, 0.2) is 72.9 Å². The zero-order chi connectivity index (χ0) is 48.2. The summed E-state index contributed by atoms with van der Waals surface area (Å²) in [5.41, 5.74) is -1.16. The molecule has 33 heteroatoms. The fourth-order valence-corrected chi connectivity index (χ4v) is 7.22. The first-order valence-corrected chi connectivity index (χ1v) is 19.3. The van der Waals surface area contributed by atoms with Crippen molar-refractivity contribution in [3.05, 3.63) is 41.5 Å². The van der Waals surface area contributed by atoms with Gasteiger partial charge < -0.3 is 112 Å². The third kappa shape index (κ3) is 14.2. The summed E-state index contributed by atoms with van der Waals surface area (Å²) in [7, 11) is -6.02. The van der Waals surface area contributed by atoms with Gasteiger partial charge in [-0.2, -0.15) is 0 Å². The monoisotopic (exact) mass is 998 g/mol. The number of Topliss-reactive ketones (excluding diaryl/α,β-unsaturated/α-hetero) is 1. The Kier molecular flexibility index (Phi) is 19.5. The molecule has 0 radical (unpaired) electrons. The molecule has 0 aromatic heterocycles. The van der Waals surface area contributed by atoms with Crippen LogP contribution in [0.2, 0.25) is 0 Å². The summed E-state index contributed by atoms with van der Waals surface area (Å²) < 4.78 is 74.0. The Morgan fingerprint density at radius 1 is 0.687 bits per heavy atom. The average molecular weight is 999 g/mol. The molecule has 12 atom stereocenters. The number of ketones is 1. The molecule has 5 rings (SSSR count). The molecule has 3 heterocycles. The van der Waals surface area contributed by atoms with Crippen molar-refractivity contribution < 1.29 is 205 Å². The summed E-state index contributed by atoms with van der Waals surface area (Å²) in [5.74, 6) is -6.81. The molecule has 30 nitrogen and oxygen atoms in total. The van der Waals surface area contributed by atoms with Crippen molar-refractivity contribution in [2.24, 2.45) is 0 Å². The first kappa shape index (κ1) is 56.2. The summed E-state index contributed by atoms with van der Waals surface area (Å²) in [4.78, 5) is 109. The molecule has 8 N–H and O–H groups in total. The summed E-state index contributed by atoms with van der Waals surface area (Å²) in [5, 5.41) is 78.2. The number of phenolic OH excluding ortho intramolecular Hbond substituents is 3. The number of phenols is 3. The number of hydrogen-bond acceptors (Lipinski definition) is 25. The van der Waals surface area contributed by atoms with Crippen molar-refractivity contribution in [2.45, 2.75) is 87.5 Å². The number of phosphoric acid groups is 1. The Bertz CT molecular complexity index is 2240. The van der Waals surface area contributed by atoms with E-state index in [4.69, 9.17) is 42.6 Å². The standard InChI is InChI=1S/C34H35O30P.2Na/c1-9-20(59-30(40)41)24(61-32(44)45)26(63-34(48)49)28(54-9)53-8-17-22(60-31(42)43)25(62-33(46)47)27(55-10(2)35)29(57-17)58-23-19(39)18-15(6-12(36)7-16(18)64-65(50,51)52)56-21(23)11-3-4-13(37)14(38)5-11;;/h3-7,9,17,20-29,36-38H,8H2,1-2H3,(H,40,41)(H,42,43)(H,44,45)(H,46,47)(H,48,49)(H2,50,51,52);;/q;2*+1/p-2/t9?,17-,20?,21?,22?,23?,24-,25+,26-,27?,28+,29+;;/m1../s1. The van der Waals surface area contributed by atoms with Crippen molar-refractivity contribution in [1.29, 1.82) is 0 Å². The van der Waals surface area contributed by atoms with Gasteiger partial charge in [0.1, 0.15) is 36.7 Å². The molecule has 2 aromatic carbocycles. The van der Waals surface area contributed by atoms with E-state index >= 15 is 0 Å². The first-order chi connectivity index (χ1) is 30.3. The number of hydrogen-bond donors (Lipinski definition) is 8. The SMILES string of the molecule is CC(=O)OC1[C@H](OC2C(=O)c3c(cc(O)cc3OP(=O)([O-])[O-])OC2c2ccc(O)c(O)c2)O[C@H](CO[C@H]2OC(C)C(OC(=O)O)[C@@H](OC(=O)O)[C@H]2OC(=O)O)C(OC(=O)O)[C@@H]1OC(=O)O.[Na+].[Na+]. The second-order valence-corrected chi connectivity index (χ2v) is 14.5. The average Bonchev–Trinajstić information content (AvgIpc) is 3.16. The van der Waals surface area contributed by atoms with Gasteiger partial charge >= 0.3 is 95.9 Å². The van der Waals surface area contributed by atoms with E-state index in [1.165, 1.54) is 0 Å². The van der Waals surface area contributed by atoms with Crippen LogP contribution < -0.4 is 78.2 Å². The Labute approximate surface area is 416 Å². The molecule has 356 valence electrons. The van der Waals surface area contributed by atoms with Gasteiger partial charge in [0.2, 0.25) is 5.78 Å². The van der Waals surface area contributed by atoms with Crippen LogP contribution in [0, 0.1) is 0 Å². The molecule has 2 aromatic rings. The number of carbonyl (C=O) groups excluding carboxylic acids is 2. The molecule has 0 amide bonds. The smallest absolute Gasteiger partial charge is 0.780 e. The Balaban J connectivity index is 0.00000595. The fraction of sp³-hybridized carbons (Fsp3) is 0.441. The number of aromatic hydroxyl groups is 3. The van der Waals surface area contributed by atoms with Crippen LogP contribution in [-0.4, -0.2) is 158 Å². The minimum Gasteiger partial charge on any atom is -0.780 e. The number of fused-ring (bicyclic) bond motifs is 1. The zero-order valence-corrected chi connectivity index (χ0v) is 39.4. The van der Waals surface area contributed by atoms with E-state index in [0.29, 0.717) is 6.07 Å². The van der Waals surface area contributed by atoms with E-state index in [1.54, 1.807) is 0 Å². The van der Waals surface area contributed by atoms with Crippen molar-refractivity contribution in [3.63, 3.8) is 0 Å². The van der Waals surface area contributed by atoms with E-state index in [0.717, 1.165) is 38.1 Å². The minimum absolute atomic E-state index is 0. The van der Waals surface area contributed by atoms with Gasteiger partial charge in [-0.05, 0) is 24.6 Å². The van der Waals surface area contributed by atoms with Gasteiger partial charge in [0, 0.05) is 19.1 Å². The molecule has 6 unspecified atom stereocenters. The van der Waals surface area contributed by atoms with Gasteiger partial charge in [-0.25, -0.2) is 24.0 Å². The molecule has 0 aliphatic carbocycles. The summed E-state index contributed by atoms with van der Waals surface area (Å²) in [6.07, 6.45) is -36.5.